The summed E-state index contributed by atoms with van der Waals surface area (Å²) in [5, 5.41) is 23.1. The highest BCUT2D eigenvalue weighted by Crippen LogP contribution is 2.38. The van der Waals surface area contributed by atoms with Crippen LogP contribution in [-0.2, 0) is 7.05 Å². The molecule has 3 N–H and O–H groups in total. The summed E-state index contributed by atoms with van der Waals surface area (Å²) in [6.07, 6.45) is 4.56. The molecule has 0 aliphatic carbocycles. The molecule has 0 unspecified atom stereocenters. The second-order valence-corrected chi connectivity index (χ2v) is 6.58. The normalized spacial score (nSPS) is 12.3. The minimum atomic E-state index is -2.78. The van der Waals surface area contributed by atoms with Gasteiger partial charge >= 0.3 is 0 Å². The summed E-state index contributed by atoms with van der Waals surface area (Å²) in [6.45, 7) is -2.78. The van der Waals surface area contributed by atoms with Crippen molar-refractivity contribution in [1.29, 1.82) is 0 Å². The van der Waals surface area contributed by atoms with Crippen molar-refractivity contribution in [2.45, 2.75) is 0 Å². The van der Waals surface area contributed by atoms with Crippen LogP contribution in [0.25, 0.3) is 11.4 Å². The molecule has 0 aliphatic heterocycles. The summed E-state index contributed by atoms with van der Waals surface area (Å²) in [4.78, 5) is 20.9. The lowest BCUT2D eigenvalue weighted by molar-refractivity contribution is 0.0958. The van der Waals surface area contributed by atoms with Crippen molar-refractivity contribution in [2.75, 3.05) is 24.7 Å². The molecule has 3 heterocycles. The van der Waals surface area contributed by atoms with Crippen molar-refractivity contribution in [1.82, 2.24) is 40.5 Å². The largest absolute Gasteiger partial charge is 0.494 e. The Bertz CT molecular complexity index is 1400. The Morgan fingerprint density at radius 2 is 1.91 bits per heavy atom. The first kappa shape index (κ1) is 17.9. The van der Waals surface area contributed by atoms with Gasteiger partial charge in [0.2, 0.25) is 0 Å². The smallest absolute Gasteiger partial charge is 0.273 e. The number of aromatic nitrogens is 7. The standard InChI is InChI=1S/C20H19FN10O2/c1-22-20(32)17-13(9-15(27-29-17)26-16-10-31(2)30-28-16)25-14-8-11(21)7-12(18(14)33-3)19-23-5-4-6-24-19/h4-10H,1-3H3,(H,22,32)(H2,25,26,27)/i1D3. The number of benzene rings is 1. The fourth-order valence-corrected chi connectivity index (χ4v) is 2.97. The average Bonchev–Trinajstić information content (AvgIpc) is 3.22. The number of methoxy groups -OCH3 is 1. The number of anilines is 4. The molecule has 0 radical (unpaired) electrons. The van der Waals surface area contributed by atoms with Crippen molar-refractivity contribution >= 4 is 28.9 Å². The Balaban J connectivity index is 1.79. The highest BCUT2D eigenvalue weighted by molar-refractivity contribution is 5.99. The number of nitrogens with zero attached hydrogens (tertiary/aromatic N) is 7. The Morgan fingerprint density at radius 3 is 2.61 bits per heavy atom. The van der Waals surface area contributed by atoms with Crippen LogP contribution in [0, 0.1) is 5.82 Å². The van der Waals surface area contributed by atoms with E-state index in [1.807, 2.05) is 5.32 Å². The van der Waals surface area contributed by atoms with E-state index in [0.717, 1.165) is 6.07 Å². The van der Waals surface area contributed by atoms with Gasteiger partial charge in [-0.05, 0) is 12.1 Å². The number of hydrogen-bond donors (Lipinski definition) is 3. The van der Waals surface area contributed by atoms with Gasteiger partial charge in [-0.1, -0.05) is 5.21 Å². The number of carbonyl (C=O) groups is 1. The van der Waals surface area contributed by atoms with Gasteiger partial charge in [-0.2, -0.15) is 0 Å². The van der Waals surface area contributed by atoms with Gasteiger partial charge in [0.25, 0.3) is 5.91 Å². The average molecular weight is 453 g/mol. The number of halogens is 1. The van der Waals surface area contributed by atoms with Crippen LogP contribution in [0.2, 0.25) is 0 Å². The fourth-order valence-electron chi connectivity index (χ4n) is 2.97. The zero-order valence-corrected chi connectivity index (χ0v) is 17.4. The van der Waals surface area contributed by atoms with Crippen LogP contribution in [0.1, 0.15) is 14.6 Å². The lowest BCUT2D eigenvalue weighted by atomic mass is 10.1. The monoisotopic (exact) mass is 453 g/mol. The Labute approximate surface area is 191 Å². The van der Waals surface area contributed by atoms with Crippen LogP contribution >= 0.6 is 0 Å². The molecular formula is C20H19FN10O2. The maximum Gasteiger partial charge on any atom is 0.273 e. The molecule has 0 aliphatic rings. The molecule has 0 bridgehead atoms. The first-order valence-electron chi connectivity index (χ1n) is 10.9. The van der Waals surface area contributed by atoms with Gasteiger partial charge in [0, 0.05) is 42.7 Å². The molecule has 0 saturated carbocycles. The second-order valence-electron chi connectivity index (χ2n) is 6.58. The van der Waals surface area contributed by atoms with Crippen LogP contribution in [-0.4, -0.2) is 55.2 Å². The Morgan fingerprint density at radius 1 is 1.09 bits per heavy atom. The number of ether oxygens (including phenoxy) is 1. The lowest BCUT2D eigenvalue weighted by Crippen LogP contribution is -2.21. The van der Waals surface area contributed by atoms with Gasteiger partial charge in [0.05, 0.1) is 30.2 Å². The van der Waals surface area contributed by atoms with Crippen molar-refractivity contribution in [3.63, 3.8) is 0 Å². The molecule has 13 heteroatoms. The predicted octanol–water partition coefficient (Wildman–Crippen LogP) is 2.06. The molecule has 1 aromatic carbocycles. The third-order valence-electron chi connectivity index (χ3n) is 4.32. The summed E-state index contributed by atoms with van der Waals surface area (Å²) >= 11 is 0. The molecule has 1 amide bonds. The molecule has 0 atom stereocenters. The van der Waals surface area contributed by atoms with Gasteiger partial charge in [-0.3, -0.25) is 9.48 Å². The summed E-state index contributed by atoms with van der Waals surface area (Å²) < 4.78 is 43.6. The van der Waals surface area contributed by atoms with E-state index in [2.05, 4.69) is 41.1 Å². The van der Waals surface area contributed by atoms with E-state index in [-0.39, 0.29) is 40.0 Å². The highest BCUT2D eigenvalue weighted by Gasteiger charge is 2.20. The minimum Gasteiger partial charge on any atom is -0.494 e. The van der Waals surface area contributed by atoms with Gasteiger partial charge in [0.1, 0.15) is 5.82 Å². The first-order chi connectivity index (χ1) is 17.1. The van der Waals surface area contributed by atoms with Crippen molar-refractivity contribution in [3.8, 4) is 17.1 Å². The maximum absolute atomic E-state index is 14.6. The van der Waals surface area contributed by atoms with Crippen LogP contribution in [0.15, 0.2) is 42.9 Å². The van der Waals surface area contributed by atoms with E-state index < -0.39 is 18.7 Å². The van der Waals surface area contributed by atoms with E-state index in [4.69, 9.17) is 8.85 Å². The van der Waals surface area contributed by atoms with Crippen LogP contribution in [0.5, 0.6) is 5.75 Å². The maximum atomic E-state index is 14.6. The fraction of sp³-hybridized carbons (Fsp3) is 0.150. The second kappa shape index (κ2) is 9.21. The third kappa shape index (κ3) is 4.66. The number of aryl methyl sites for hydroxylation is 1. The third-order valence-corrected chi connectivity index (χ3v) is 4.32. The molecule has 12 nitrogen and oxygen atoms in total. The number of rotatable bonds is 7. The number of carbonyl (C=O) groups excluding carboxylic acids is 1. The Hall–Kier alpha value is -4.68. The van der Waals surface area contributed by atoms with Crippen molar-refractivity contribution in [3.05, 3.63) is 54.4 Å². The SMILES string of the molecule is [2H]C([2H])([2H])NC(=O)c1nnc(Nc2cn(C)nn2)cc1Nc1cc(F)cc(-c2ncccn2)c1OC. The van der Waals surface area contributed by atoms with E-state index in [9.17, 15) is 9.18 Å². The minimum absolute atomic E-state index is 0.00182. The van der Waals surface area contributed by atoms with Gasteiger partial charge in [0.15, 0.2) is 28.9 Å². The molecular weight excluding hydrogens is 431 g/mol. The van der Waals surface area contributed by atoms with Gasteiger partial charge in [-0.15, -0.1) is 15.3 Å². The van der Waals surface area contributed by atoms with Gasteiger partial charge in [-0.25, -0.2) is 14.4 Å². The number of amides is 1. The summed E-state index contributed by atoms with van der Waals surface area (Å²) in [5.74, 6) is -0.818. The predicted molar refractivity (Wildman–Crippen MR) is 117 cm³/mol. The zero-order valence-electron chi connectivity index (χ0n) is 20.4. The van der Waals surface area contributed by atoms with E-state index >= 15 is 0 Å². The molecule has 0 spiro atoms. The topological polar surface area (TPSA) is 145 Å². The van der Waals surface area contributed by atoms with E-state index in [0.29, 0.717) is 5.82 Å². The molecule has 0 saturated heterocycles. The zero-order chi connectivity index (χ0) is 25.9. The van der Waals surface area contributed by atoms with Crippen LogP contribution in [0.4, 0.5) is 27.4 Å². The quantitative estimate of drug-likeness (QED) is 0.380. The van der Waals surface area contributed by atoms with Crippen LogP contribution < -0.4 is 20.7 Å². The van der Waals surface area contributed by atoms with Crippen molar-refractivity contribution < 1.29 is 18.0 Å². The lowest BCUT2D eigenvalue weighted by Gasteiger charge is -2.16. The summed E-state index contributed by atoms with van der Waals surface area (Å²) in [5.41, 5.74) is -0.0167. The first-order valence-corrected chi connectivity index (χ1v) is 9.38. The Kier molecular flexibility index (Phi) is 5.01. The number of hydrogen-bond acceptors (Lipinski definition) is 10. The summed E-state index contributed by atoms with van der Waals surface area (Å²) in [7, 11) is 3.04. The molecule has 3 aromatic heterocycles. The number of nitrogens with one attached hydrogen (secondary N) is 3. The van der Waals surface area contributed by atoms with Gasteiger partial charge < -0.3 is 20.7 Å². The van der Waals surface area contributed by atoms with E-state index in [1.54, 1.807) is 19.3 Å². The molecule has 168 valence electrons. The van der Waals surface area contributed by atoms with Crippen molar-refractivity contribution in [2.24, 2.45) is 7.05 Å². The highest BCUT2D eigenvalue weighted by atomic mass is 19.1. The van der Waals surface area contributed by atoms with E-state index in [1.165, 1.54) is 36.3 Å². The molecule has 0 fully saturated rings. The van der Waals surface area contributed by atoms with Crippen LogP contribution in [0.3, 0.4) is 0 Å². The molecule has 4 rings (SSSR count). The molecule has 4 aromatic rings. The molecule has 33 heavy (non-hydrogen) atoms. The summed E-state index contributed by atoms with van der Waals surface area (Å²) in [6, 6.07) is 5.32.